The Morgan fingerprint density at radius 2 is 1.71 bits per heavy atom. The van der Waals surface area contributed by atoms with Crippen LogP contribution in [0.15, 0.2) is 54.6 Å². The van der Waals surface area contributed by atoms with E-state index in [-0.39, 0.29) is 11.9 Å². The van der Waals surface area contributed by atoms with Gasteiger partial charge in [0.1, 0.15) is 6.04 Å². The molecule has 0 aromatic heterocycles. The van der Waals surface area contributed by atoms with E-state index in [4.69, 9.17) is 0 Å². The molecule has 0 spiro atoms. The zero-order valence-corrected chi connectivity index (χ0v) is 18.7. The molecule has 6 heteroatoms. The fourth-order valence-electron chi connectivity index (χ4n) is 4.51. The summed E-state index contributed by atoms with van der Waals surface area (Å²) in [5.41, 5.74) is 9.84. The average Bonchev–Trinajstić information content (AvgIpc) is 3.24. The minimum absolute atomic E-state index is 0.0287. The van der Waals surface area contributed by atoms with E-state index >= 15 is 0 Å². The van der Waals surface area contributed by atoms with Gasteiger partial charge in [0.25, 0.3) is 0 Å². The Morgan fingerprint density at radius 3 is 2.39 bits per heavy atom. The van der Waals surface area contributed by atoms with Crippen LogP contribution in [0.2, 0.25) is 0 Å². The van der Waals surface area contributed by atoms with E-state index in [1.54, 1.807) is 0 Å². The van der Waals surface area contributed by atoms with Crippen LogP contribution in [0.1, 0.15) is 32.3 Å². The molecule has 1 amide bonds. The van der Waals surface area contributed by atoms with Crippen LogP contribution >= 0.6 is 0 Å². The summed E-state index contributed by atoms with van der Waals surface area (Å²) in [5.74, 6) is 0.648. The molecule has 166 valence electrons. The topological polar surface area (TPSA) is 59.6 Å². The van der Waals surface area contributed by atoms with Crippen molar-refractivity contribution in [2.45, 2.75) is 45.3 Å². The first-order valence-corrected chi connectivity index (χ1v) is 11.5. The van der Waals surface area contributed by atoms with Crippen LogP contribution in [-0.4, -0.2) is 49.1 Å². The summed E-state index contributed by atoms with van der Waals surface area (Å²) in [6.45, 7) is 9.60. The van der Waals surface area contributed by atoms with Gasteiger partial charge in [-0.25, -0.2) is 5.43 Å². The standard InChI is InChI=1S/C25H35N5O/c1-19(2)16-22-17-24(28-27-22)25(31)26-21-8-10-23(11-9-21)30-14-12-29(13-15-30)18-20-6-4-3-5-7-20/h3-11,19,22,24,27-28H,12-18H2,1-2H3,(H,26,31). The Kier molecular flexibility index (Phi) is 7.22. The SMILES string of the molecule is CC(C)CC1CC(C(=O)Nc2ccc(N3CCN(Cc4ccccc4)CC3)cc2)NN1. The second kappa shape index (κ2) is 10.3. The fourth-order valence-corrected chi connectivity index (χ4v) is 4.51. The maximum atomic E-state index is 12.6. The molecule has 0 aliphatic carbocycles. The number of hydrogen-bond donors (Lipinski definition) is 3. The summed E-state index contributed by atoms with van der Waals surface area (Å²) < 4.78 is 0. The highest BCUT2D eigenvalue weighted by Gasteiger charge is 2.29. The number of hydrazine groups is 1. The highest BCUT2D eigenvalue weighted by molar-refractivity contribution is 5.95. The molecular formula is C25H35N5O. The van der Waals surface area contributed by atoms with Crippen LogP contribution in [0.3, 0.4) is 0 Å². The van der Waals surface area contributed by atoms with Crippen molar-refractivity contribution in [3.63, 3.8) is 0 Å². The predicted molar refractivity (Wildman–Crippen MR) is 127 cm³/mol. The summed E-state index contributed by atoms with van der Waals surface area (Å²) in [5, 5.41) is 3.05. The Labute approximate surface area is 186 Å². The molecule has 2 aromatic carbocycles. The monoisotopic (exact) mass is 421 g/mol. The van der Waals surface area contributed by atoms with Crippen LogP contribution < -0.4 is 21.1 Å². The largest absolute Gasteiger partial charge is 0.369 e. The molecule has 2 aromatic rings. The number of nitrogens with zero attached hydrogens (tertiary/aromatic N) is 2. The lowest BCUT2D eigenvalue weighted by Gasteiger charge is -2.36. The second-order valence-electron chi connectivity index (χ2n) is 9.19. The molecule has 31 heavy (non-hydrogen) atoms. The molecule has 0 saturated carbocycles. The van der Waals surface area contributed by atoms with Crippen molar-refractivity contribution in [2.24, 2.45) is 5.92 Å². The number of carbonyl (C=O) groups is 1. The first kappa shape index (κ1) is 21.8. The van der Waals surface area contributed by atoms with Gasteiger partial charge in [0.2, 0.25) is 5.91 Å². The molecule has 6 nitrogen and oxygen atoms in total. The van der Waals surface area contributed by atoms with E-state index in [9.17, 15) is 4.79 Å². The fraction of sp³-hybridized carbons (Fsp3) is 0.480. The minimum Gasteiger partial charge on any atom is -0.369 e. The molecule has 4 rings (SSSR count). The van der Waals surface area contributed by atoms with Gasteiger partial charge in [-0.15, -0.1) is 0 Å². The van der Waals surface area contributed by atoms with E-state index in [1.807, 2.05) is 12.1 Å². The van der Waals surface area contributed by atoms with Gasteiger partial charge in [-0.05, 0) is 48.6 Å². The zero-order chi connectivity index (χ0) is 21.6. The lowest BCUT2D eigenvalue weighted by molar-refractivity contribution is -0.117. The number of piperazine rings is 1. The highest BCUT2D eigenvalue weighted by Crippen LogP contribution is 2.21. The lowest BCUT2D eigenvalue weighted by Crippen LogP contribution is -2.45. The minimum atomic E-state index is -0.180. The van der Waals surface area contributed by atoms with Gasteiger partial charge in [0.05, 0.1) is 0 Å². The van der Waals surface area contributed by atoms with Crippen molar-refractivity contribution in [3.05, 3.63) is 60.2 Å². The molecule has 2 aliphatic rings. The zero-order valence-electron chi connectivity index (χ0n) is 18.7. The Bertz CT molecular complexity index is 831. The smallest absolute Gasteiger partial charge is 0.242 e. The van der Waals surface area contributed by atoms with Crippen molar-refractivity contribution in [2.75, 3.05) is 36.4 Å². The van der Waals surface area contributed by atoms with Gasteiger partial charge in [-0.3, -0.25) is 15.1 Å². The number of amides is 1. The number of hydrogen-bond acceptors (Lipinski definition) is 5. The van der Waals surface area contributed by atoms with Crippen molar-refractivity contribution >= 4 is 17.3 Å². The van der Waals surface area contributed by atoms with Gasteiger partial charge in [0.15, 0.2) is 0 Å². The van der Waals surface area contributed by atoms with E-state index in [2.05, 4.69) is 82.3 Å². The number of rotatable bonds is 7. The number of nitrogens with one attached hydrogen (secondary N) is 3. The highest BCUT2D eigenvalue weighted by atomic mass is 16.2. The van der Waals surface area contributed by atoms with Gasteiger partial charge in [-0.2, -0.15) is 0 Å². The van der Waals surface area contributed by atoms with Crippen molar-refractivity contribution in [1.82, 2.24) is 15.8 Å². The third-order valence-electron chi connectivity index (χ3n) is 6.18. The first-order chi connectivity index (χ1) is 15.1. The third-order valence-corrected chi connectivity index (χ3v) is 6.18. The molecule has 2 saturated heterocycles. The molecule has 2 aliphatic heterocycles. The van der Waals surface area contributed by atoms with Crippen LogP contribution in [0, 0.1) is 5.92 Å². The molecule has 2 fully saturated rings. The Hall–Kier alpha value is -2.41. The predicted octanol–water partition coefficient (Wildman–Crippen LogP) is 3.23. The summed E-state index contributed by atoms with van der Waals surface area (Å²) in [4.78, 5) is 17.5. The molecule has 0 radical (unpaired) electrons. The number of carbonyl (C=O) groups excluding carboxylic acids is 1. The van der Waals surface area contributed by atoms with Gasteiger partial charge >= 0.3 is 0 Å². The van der Waals surface area contributed by atoms with Crippen molar-refractivity contribution in [1.29, 1.82) is 0 Å². The summed E-state index contributed by atoms with van der Waals surface area (Å²) in [6.07, 6.45) is 1.90. The molecular weight excluding hydrogens is 386 g/mol. The van der Waals surface area contributed by atoms with Crippen molar-refractivity contribution in [3.8, 4) is 0 Å². The van der Waals surface area contributed by atoms with Gasteiger partial charge in [-0.1, -0.05) is 44.2 Å². The van der Waals surface area contributed by atoms with E-state index in [0.717, 1.165) is 51.3 Å². The van der Waals surface area contributed by atoms with Crippen LogP contribution in [0.5, 0.6) is 0 Å². The lowest BCUT2D eigenvalue weighted by atomic mass is 10.00. The molecule has 0 bridgehead atoms. The molecule has 2 atom stereocenters. The van der Waals surface area contributed by atoms with Crippen molar-refractivity contribution < 1.29 is 4.79 Å². The molecule has 3 N–H and O–H groups in total. The van der Waals surface area contributed by atoms with Gasteiger partial charge < -0.3 is 10.2 Å². The number of anilines is 2. The van der Waals surface area contributed by atoms with Gasteiger partial charge in [0, 0.05) is 50.1 Å². The summed E-state index contributed by atoms with van der Waals surface area (Å²) in [6, 6.07) is 19.1. The molecule has 2 unspecified atom stereocenters. The van der Waals surface area contributed by atoms with E-state index in [1.165, 1.54) is 11.3 Å². The first-order valence-electron chi connectivity index (χ1n) is 11.5. The normalized spacial score (nSPS) is 22.1. The molecule has 2 heterocycles. The van der Waals surface area contributed by atoms with Crippen LogP contribution in [0.4, 0.5) is 11.4 Å². The quantitative estimate of drug-likeness (QED) is 0.641. The second-order valence-corrected chi connectivity index (χ2v) is 9.19. The van der Waals surface area contributed by atoms with E-state index < -0.39 is 0 Å². The summed E-state index contributed by atoms with van der Waals surface area (Å²) in [7, 11) is 0. The Balaban J connectivity index is 1.24. The number of benzene rings is 2. The van der Waals surface area contributed by atoms with E-state index in [0.29, 0.717) is 12.0 Å². The average molecular weight is 422 g/mol. The maximum absolute atomic E-state index is 12.6. The Morgan fingerprint density at radius 1 is 1.00 bits per heavy atom. The van der Waals surface area contributed by atoms with Crippen LogP contribution in [0.25, 0.3) is 0 Å². The summed E-state index contributed by atoms with van der Waals surface area (Å²) >= 11 is 0. The third kappa shape index (κ3) is 6.06. The maximum Gasteiger partial charge on any atom is 0.242 e. The van der Waals surface area contributed by atoms with Crippen LogP contribution in [-0.2, 0) is 11.3 Å².